The summed E-state index contributed by atoms with van der Waals surface area (Å²) in [6, 6.07) is 9.08. The molecule has 3 nitrogen and oxygen atoms in total. The minimum absolute atomic E-state index is 0.100. The fourth-order valence-corrected chi connectivity index (χ4v) is 2.16. The van der Waals surface area contributed by atoms with Crippen molar-refractivity contribution in [3.05, 3.63) is 58.1 Å². The molecule has 0 aliphatic heterocycles. The van der Waals surface area contributed by atoms with E-state index >= 15 is 0 Å². The van der Waals surface area contributed by atoms with E-state index in [-0.39, 0.29) is 24.6 Å². The normalized spacial score (nSPS) is 10.4. The second-order valence-electron chi connectivity index (χ2n) is 4.79. The molecule has 0 atom stereocenters. The first-order valence-corrected chi connectivity index (χ1v) is 7.50. The monoisotopic (exact) mass is 368 g/mol. The second-order valence-corrected chi connectivity index (χ2v) is 5.64. The van der Waals surface area contributed by atoms with E-state index in [4.69, 9.17) is 0 Å². The molecule has 0 saturated heterocycles. The number of para-hydroxylation sites is 1. The van der Waals surface area contributed by atoms with Gasteiger partial charge in [0.15, 0.2) is 0 Å². The predicted octanol–water partition coefficient (Wildman–Crippen LogP) is 4.48. The highest BCUT2D eigenvalue weighted by Crippen LogP contribution is 2.20. The smallest absolute Gasteiger partial charge is 0.226 e. The van der Waals surface area contributed by atoms with E-state index in [9.17, 15) is 13.6 Å². The molecule has 0 bridgehead atoms. The van der Waals surface area contributed by atoms with Gasteiger partial charge in [-0.15, -0.1) is 0 Å². The molecular weight excluding hydrogens is 354 g/mol. The van der Waals surface area contributed by atoms with Gasteiger partial charge in [0, 0.05) is 23.1 Å². The number of carbonyl (C=O) groups is 1. The minimum Gasteiger partial charge on any atom is -0.380 e. The highest BCUT2D eigenvalue weighted by atomic mass is 79.9. The predicted molar refractivity (Wildman–Crippen MR) is 87.0 cm³/mol. The number of nitrogens with one attached hydrogen (secondary N) is 2. The topological polar surface area (TPSA) is 41.1 Å². The van der Waals surface area contributed by atoms with Crippen molar-refractivity contribution in [3.8, 4) is 0 Å². The number of rotatable bonds is 5. The van der Waals surface area contributed by atoms with Crippen molar-refractivity contribution in [1.82, 2.24) is 0 Å². The Kier molecular flexibility index (Phi) is 5.49. The van der Waals surface area contributed by atoms with Gasteiger partial charge in [-0.25, -0.2) is 8.78 Å². The SMILES string of the molecule is Cc1cc(NC(=O)CCNc2c(F)cccc2F)ccc1Br. The Bertz CT molecular complexity index is 672. The van der Waals surface area contributed by atoms with Crippen LogP contribution in [-0.4, -0.2) is 12.5 Å². The number of benzene rings is 2. The Balaban J connectivity index is 1.86. The number of aryl methyl sites for hydroxylation is 1. The fraction of sp³-hybridized carbons (Fsp3) is 0.188. The minimum atomic E-state index is -0.677. The molecule has 2 aromatic rings. The molecular formula is C16H15BrF2N2O. The third-order valence-electron chi connectivity index (χ3n) is 3.06. The molecule has 1 amide bonds. The van der Waals surface area contributed by atoms with Gasteiger partial charge in [0.25, 0.3) is 0 Å². The third-order valence-corrected chi connectivity index (χ3v) is 3.95. The number of halogens is 3. The largest absolute Gasteiger partial charge is 0.380 e. The van der Waals surface area contributed by atoms with Crippen molar-refractivity contribution in [2.24, 2.45) is 0 Å². The van der Waals surface area contributed by atoms with E-state index in [0.29, 0.717) is 5.69 Å². The van der Waals surface area contributed by atoms with Crippen LogP contribution < -0.4 is 10.6 Å². The Hall–Kier alpha value is -1.95. The summed E-state index contributed by atoms with van der Waals surface area (Å²) in [7, 11) is 0. The fourth-order valence-electron chi connectivity index (χ4n) is 1.91. The van der Waals surface area contributed by atoms with Crippen LogP contribution in [0.2, 0.25) is 0 Å². The van der Waals surface area contributed by atoms with Gasteiger partial charge in [-0.1, -0.05) is 22.0 Å². The lowest BCUT2D eigenvalue weighted by molar-refractivity contribution is -0.115. The van der Waals surface area contributed by atoms with E-state index in [2.05, 4.69) is 26.6 Å². The molecule has 2 rings (SSSR count). The maximum atomic E-state index is 13.4. The third kappa shape index (κ3) is 4.27. The Labute approximate surface area is 135 Å². The van der Waals surface area contributed by atoms with E-state index in [1.54, 1.807) is 6.07 Å². The van der Waals surface area contributed by atoms with Gasteiger partial charge in [0.05, 0.1) is 0 Å². The highest BCUT2D eigenvalue weighted by molar-refractivity contribution is 9.10. The summed E-state index contributed by atoms with van der Waals surface area (Å²) in [5.41, 5.74) is 1.47. The zero-order valence-electron chi connectivity index (χ0n) is 11.9. The molecule has 2 aromatic carbocycles. The number of hydrogen-bond acceptors (Lipinski definition) is 2. The van der Waals surface area contributed by atoms with Crippen LogP contribution in [0.5, 0.6) is 0 Å². The van der Waals surface area contributed by atoms with Gasteiger partial charge in [-0.3, -0.25) is 4.79 Å². The summed E-state index contributed by atoms with van der Waals surface area (Å²) in [5, 5.41) is 5.34. The van der Waals surface area contributed by atoms with E-state index < -0.39 is 11.6 Å². The average Bonchev–Trinajstić information content (AvgIpc) is 2.46. The first kappa shape index (κ1) is 16.4. The molecule has 0 heterocycles. The van der Waals surface area contributed by atoms with E-state index in [0.717, 1.165) is 22.2 Å². The van der Waals surface area contributed by atoms with Gasteiger partial charge in [0.1, 0.15) is 17.3 Å². The summed E-state index contributed by atoms with van der Waals surface area (Å²) in [6.45, 7) is 2.06. The van der Waals surface area contributed by atoms with Gasteiger partial charge < -0.3 is 10.6 Å². The van der Waals surface area contributed by atoms with Crippen LogP contribution >= 0.6 is 15.9 Å². The van der Waals surface area contributed by atoms with Crippen molar-refractivity contribution in [3.63, 3.8) is 0 Å². The Morgan fingerprint density at radius 3 is 2.50 bits per heavy atom. The molecule has 0 unspecified atom stereocenters. The second kappa shape index (κ2) is 7.35. The zero-order valence-corrected chi connectivity index (χ0v) is 13.5. The van der Waals surface area contributed by atoms with Gasteiger partial charge >= 0.3 is 0 Å². The first-order valence-electron chi connectivity index (χ1n) is 6.71. The van der Waals surface area contributed by atoms with E-state index in [1.807, 2.05) is 19.1 Å². The van der Waals surface area contributed by atoms with Crippen molar-refractivity contribution < 1.29 is 13.6 Å². The quantitative estimate of drug-likeness (QED) is 0.816. The van der Waals surface area contributed by atoms with Crippen LogP contribution in [0, 0.1) is 18.6 Å². The number of carbonyl (C=O) groups excluding carboxylic acids is 1. The van der Waals surface area contributed by atoms with E-state index in [1.165, 1.54) is 6.07 Å². The molecule has 0 fully saturated rings. The van der Waals surface area contributed by atoms with Crippen molar-refractivity contribution in [2.75, 3.05) is 17.2 Å². The lowest BCUT2D eigenvalue weighted by Crippen LogP contribution is -2.17. The summed E-state index contributed by atoms with van der Waals surface area (Å²) >= 11 is 3.38. The van der Waals surface area contributed by atoms with Crippen LogP contribution in [-0.2, 0) is 4.79 Å². The van der Waals surface area contributed by atoms with Gasteiger partial charge in [-0.2, -0.15) is 0 Å². The summed E-state index contributed by atoms with van der Waals surface area (Å²) in [6.07, 6.45) is 0.100. The molecule has 2 N–H and O–H groups in total. The number of hydrogen-bond donors (Lipinski definition) is 2. The van der Waals surface area contributed by atoms with Crippen LogP contribution in [0.15, 0.2) is 40.9 Å². The van der Waals surface area contributed by atoms with Crippen molar-refractivity contribution in [2.45, 2.75) is 13.3 Å². The molecule has 0 saturated carbocycles. The maximum absolute atomic E-state index is 13.4. The molecule has 0 aliphatic rings. The zero-order chi connectivity index (χ0) is 16.1. The molecule has 0 radical (unpaired) electrons. The summed E-state index contributed by atoms with van der Waals surface area (Å²) < 4.78 is 27.8. The van der Waals surface area contributed by atoms with Crippen molar-refractivity contribution >= 4 is 33.2 Å². The molecule has 0 spiro atoms. The molecule has 22 heavy (non-hydrogen) atoms. The standard InChI is InChI=1S/C16H15BrF2N2O/c1-10-9-11(5-6-12(10)17)21-15(22)7-8-20-16-13(18)3-2-4-14(16)19/h2-6,9,20H,7-8H2,1H3,(H,21,22). The number of anilines is 2. The first-order chi connectivity index (χ1) is 10.5. The summed E-state index contributed by atoms with van der Waals surface area (Å²) in [5.74, 6) is -1.58. The maximum Gasteiger partial charge on any atom is 0.226 e. The van der Waals surface area contributed by atoms with Gasteiger partial charge in [0.2, 0.25) is 5.91 Å². The van der Waals surface area contributed by atoms with Crippen molar-refractivity contribution in [1.29, 1.82) is 0 Å². The lowest BCUT2D eigenvalue weighted by Gasteiger charge is -2.10. The van der Waals surface area contributed by atoms with Gasteiger partial charge in [-0.05, 0) is 42.8 Å². The Morgan fingerprint density at radius 2 is 1.86 bits per heavy atom. The summed E-state index contributed by atoms with van der Waals surface area (Å²) in [4.78, 5) is 11.8. The van der Waals surface area contributed by atoms with Crippen LogP contribution in [0.4, 0.5) is 20.2 Å². The van der Waals surface area contributed by atoms with Crippen LogP contribution in [0.3, 0.4) is 0 Å². The number of amides is 1. The molecule has 0 aliphatic carbocycles. The highest BCUT2D eigenvalue weighted by Gasteiger charge is 2.09. The van der Waals surface area contributed by atoms with Crippen LogP contribution in [0.25, 0.3) is 0 Å². The lowest BCUT2D eigenvalue weighted by atomic mass is 10.2. The van der Waals surface area contributed by atoms with Crippen LogP contribution in [0.1, 0.15) is 12.0 Å². The molecule has 0 aromatic heterocycles. The molecule has 6 heteroatoms. The molecule has 116 valence electrons. The Morgan fingerprint density at radius 1 is 1.18 bits per heavy atom. The average molecular weight is 369 g/mol.